The number of hydrogen-bond donors (Lipinski definition) is 0. The molecule has 0 radical (unpaired) electrons. The van der Waals surface area contributed by atoms with E-state index in [1.807, 2.05) is 6.92 Å². The summed E-state index contributed by atoms with van der Waals surface area (Å²) in [6.45, 7) is 5.14. The van der Waals surface area contributed by atoms with Crippen LogP contribution in [0.5, 0.6) is 5.75 Å². The normalized spacial score (nSPS) is 26.0. The molecule has 1 spiro atoms. The van der Waals surface area contributed by atoms with E-state index in [1.54, 1.807) is 24.3 Å². The topological polar surface area (TPSA) is 68.3 Å². The highest BCUT2D eigenvalue weighted by Gasteiger charge is 2.47. The number of hydrogen-bond acceptors (Lipinski definition) is 6. The smallest absolute Gasteiger partial charge is 0.251 e. The van der Waals surface area contributed by atoms with Crippen LogP contribution in [0.1, 0.15) is 26.2 Å². The Bertz CT molecular complexity index is 674. The summed E-state index contributed by atoms with van der Waals surface area (Å²) < 4.78 is 16.9. The Morgan fingerprint density at radius 1 is 1.12 bits per heavy atom. The van der Waals surface area contributed by atoms with Crippen LogP contribution in [0.4, 0.5) is 5.69 Å². The maximum atomic E-state index is 12.9. The van der Waals surface area contributed by atoms with Crippen molar-refractivity contribution in [2.75, 3.05) is 37.8 Å². The van der Waals surface area contributed by atoms with Gasteiger partial charge in [-0.2, -0.15) is 0 Å². The summed E-state index contributed by atoms with van der Waals surface area (Å²) in [7, 11) is 0. The average molecular weight is 360 g/mol. The van der Waals surface area contributed by atoms with Crippen molar-refractivity contribution < 1.29 is 23.8 Å². The summed E-state index contributed by atoms with van der Waals surface area (Å²) in [5.74, 6) is -0.0530. The third-order valence-electron chi connectivity index (χ3n) is 5.34. The Kier molecular flexibility index (Phi) is 4.69. The predicted octanol–water partition coefficient (Wildman–Crippen LogP) is 1.56. The Morgan fingerprint density at radius 2 is 1.77 bits per heavy atom. The van der Waals surface area contributed by atoms with Crippen molar-refractivity contribution in [2.45, 2.75) is 38.0 Å². The molecular formula is C19H24N2O5. The first-order valence-corrected chi connectivity index (χ1v) is 9.23. The lowest BCUT2D eigenvalue weighted by Gasteiger charge is -2.39. The molecule has 3 saturated heterocycles. The maximum absolute atomic E-state index is 12.9. The number of ether oxygens (including phenoxy) is 3. The van der Waals surface area contributed by atoms with Crippen LogP contribution in [-0.4, -0.2) is 61.5 Å². The van der Waals surface area contributed by atoms with Gasteiger partial charge in [-0.3, -0.25) is 14.5 Å². The fraction of sp³-hybridized carbons (Fsp3) is 0.579. The minimum atomic E-state index is -0.475. The highest BCUT2D eigenvalue weighted by Crippen LogP contribution is 2.34. The molecule has 0 aliphatic carbocycles. The first kappa shape index (κ1) is 17.5. The summed E-state index contributed by atoms with van der Waals surface area (Å²) in [4.78, 5) is 28.8. The highest BCUT2D eigenvalue weighted by atomic mass is 16.7. The molecule has 26 heavy (non-hydrogen) atoms. The van der Waals surface area contributed by atoms with Crippen molar-refractivity contribution in [1.82, 2.24) is 4.90 Å². The number of carbonyl (C=O) groups excluding carboxylic acids is 2. The van der Waals surface area contributed by atoms with Gasteiger partial charge in [-0.15, -0.1) is 0 Å². The Balaban J connectivity index is 1.44. The van der Waals surface area contributed by atoms with Gasteiger partial charge in [-0.1, -0.05) is 0 Å². The number of carbonyl (C=O) groups is 2. The van der Waals surface area contributed by atoms with Crippen LogP contribution in [0.3, 0.4) is 0 Å². The number of anilines is 1. The molecule has 0 N–H and O–H groups in total. The standard InChI is InChI=1S/C19H24N2O5/c1-2-24-15-5-3-14(4-6-15)21-17(22)13-16(18(21)23)20-9-7-19(8-10-20)25-11-12-26-19/h3-6,16H,2,7-13H2,1H3. The average Bonchev–Trinajstić information content (AvgIpc) is 3.22. The van der Waals surface area contributed by atoms with Crippen LogP contribution in [0.15, 0.2) is 24.3 Å². The molecule has 1 aromatic rings. The largest absolute Gasteiger partial charge is 0.494 e. The summed E-state index contributed by atoms with van der Waals surface area (Å²) in [6, 6.07) is 6.69. The van der Waals surface area contributed by atoms with Crippen molar-refractivity contribution in [3.63, 3.8) is 0 Å². The van der Waals surface area contributed by atoms with Crippen LogP contribution >= 0.6 is 0 Å². The number of rotatable bonds is 4. The Labute approximate surface area is 152 Å². The lowest BCUT2D eigenvalue weighted by Crippen LogP contribution is -2.51. The van der Waals surface area contributed by atoms with E-state index in [4.69, 9.17) is 14.2 Å². The number of benzene rings is 1. The van der Waals surface area contributed by atoms with Gasteiger partial charge in [0.1, 0.15) is 5.75 Å². The molecule has 1 aromatic carbocycles. The fourth-order valence-corrected chi connectivity index (χ4v) is 3.99. The summed E-state index contributed by atoms with van der Waals surface area (Å²) >= 11 is 0. The molecule has 3 heterocycles. The summed E-state index contributed by atoms with van der Waals surface area (Å²) in [5, 5.41) is 0. The maximum Gasteiger partial charge on any atom is 0.251 e. The van der Waals surface area contributed by atoms with Crippen molar-refractivity contribution in [2.24, 2.45) is 0 Å². The van der Waals surface area contributed by atoms with Gasteiger partial charge in [-0.05, 0) is 31.2 Å². The summed E-state index contributed by atoms with van der Waals surface area (Å²) in [6.07, 6.45) is 1.68. The van der Waals surface area contributed by atoms with Gasteiger partial charge < -0.3 is 14.2 Å². The number of piperidine rings is 1. The first-order chi connectivity index (χ1) is 12.6. The van der Waals surface area contributed by atoms with Crippen molar-refractivity contribution in [3.8, 4) is 5.75 Å². The molecule has 0 saturated carbocycles. The highest BCUT2D eigenvalue weighted by molar-refractivity contribution is 6.22. The van der Waals surface area contributed by atoms with E-state index in [0.29, 0.717) is 38.6 Å². The minimum absolute atomic E-state index is 0.150. The van der Waals surface area contributed by atoms with Crippen LogP contribution < -0.4 is 9.64 Å². The number of nitrogens with zero attached hydrogens (tertiary/aromatic N) is 2. The second-order valence-corrected chi connectivity index (χ2v) is 6.86. The third-order valence-corrected chi connectivity index (χ3v) is 5.34. The quantitative estimate of drug-likeness (QED) is 0.759. The molecule has 7 nitrogen and oxygen atoms in total. The van der Waals surface area contributed by atoms with Crippen LogP contribution in [0, 0.1) is 0 Å². The first-order valence-electron chi connectivity index (χ1n) is 9.23. The molecule has 4 rings (SSSR count). The number of likely N-dealkylation sites (tertiary alicyclic amines) is 1. The third kappa shape index (κ3) is 3.11. The van der Waals surface area contributed by atoms with E-state index in [-0.39, 0.29) is 18.2 Å². The van der Waals surface area contributed by atoms with Gasteiger partial charge in [0.2, 0.25) is 5.91 Å². The second kappa shape index (κ2) is 6.98. The van der Waals surface area contributed by atoms with Gasteiger partial charge in [0.15, 0.2) is 5.79 Å². The van der Waals surface area contributed by atoms with Gasteiger partial charge in [-0.25, -0.2) is 4.90 Å². The molecule has 0 bridgehead atoms. The lowest BCUT2D eigenvalue weighted by atomic mass is 10.0. The van der Waals surface area contributed by atoms with E-state index in [2.05, 4.69) is 4.90 Å². The van der Waals surface area contributed by atoms with Crippen molar-refractivity contribution in [1.29, 1.82) is 0 Å². The number of imide groups is 1. The zero-order valence-electron chi connectivity index (χ0n) is 15.0. The fourth-order valence-electron chi connectivity index (χ4n) is 3.99. The molecule has 7 heteroatoms. The van der Waals surface area contributed by atoms with E-state index >= 15 is 0 Å². The van der Waals surface area contributed by atoms with Gasteiger partial charge in [0.05, 0.1) is 38.0 Å². The molecule has 1 atom stereocenters. The van der Waals surface area contributed by atoms with Gasteiger partial charge >= 0.3 is 0 Å². The van der Waals surface area contributed by atoms with Crippen molar-refractivity contribution in [3.05, 3.63) is 24.3 Å². The minimum Gasteiger partial charge on any atom is -0.494 e. The lowest BCUT2D eigenvalue weighted by molar-refractivity contribution is -0.188. The predicted molar refractivity (Wildman–Crippen MR) is 94.0 cm³/mol. The van der Waals surface area contributed by atoms with Gasteiger partial charge in [0, 0.05) is 25.9 Å². The zero-order valence-corrected chi connectivity index (χ0v) is 15.0. The van der Waals surface area contributed by atoms with Crippen LogP contribution in [0.25, 0.3) is 0 Å². The van der Waals surface area contributed by atoms with Crippen LogP contribution in [-0.2, 0) is 19.1 Å². The molecule has 3 fully saturated rings. The molecule has 2 amide bonds. The monoisotopic (exact) mass is 360 g/mol. The molecule has 0 aromatic heterocycles. The molecule has 140 valence electrons. The van der Waals surface area contributed by atoms with E-state index < -0.39 is 11.8 Å². The van der Waals surface area contributed by atoms with E-state index in [9.17, 15) is 9.59 Å². The summed E-state index contributed by atoms with van der Waals surface area (Å²) in [5.41, 5.74) is 0.599. The molecule has 3 aliphatic rings. The molecular weight excluding hydrogens is 336 g/mol. The van der Waals surface area contributed by atoms with Gasteiger partial charge in [0.25, 0.3) is 5.91 Å². The molecule has 3 aliphatic heterocycles. The van der Waals surface area contributed by atoms with E-state index in [1.165, 1.54) is 4.90 Å². The SMILES string of the molecule is CCOc1ccc(N2C(=O)CC(N3CCC4(CC3)OCCO4)C2=O)cc1. The van der Waals surface area contributed by atoms with Crippen molar-refractivity contribution >= 4 is 17.5 Å². The van der Waals surface area contributed by atoms with E-state index in [0.717, 1.165) is 18.6 Å². The number of amides is 2. The zero-order chi connectivity index (χ0) is 18.1. The Hall–Kier alpha value is -1.96. The second-order valence-electron chi connectivity index (χ2n) is 6.86. The Morgan fingerprint density at radius 3 is 2.38 bits per heavy atom. The van der Waals surface area contributed by atoms with Crippen LogP contribution in [0.2, 0.25) is 0 Å². The molecule has 1 unspecified atom stereocenters.